The number of rotatable bonds is 2. The molecule has 0 N–H and O–H groups in total. The summed E-state index contributed by atoms with van der Waals surface area (Å²) in [5.41, 5.74) is 2.84. The zero-order chi connectivity index (χ0) is 13.9. The van der Waals surface area contributed by atoms with Gasteiger partial charge in [-0.15, -0.1) is 25.3 Å². The molecular weight excluding hydrogens is 324 g/mol. The molecule has 3 rings (SSSR count). The molecular formula is C14H10N2S4. The summed E-state index contributed by atoms with van der Waals surface area (Å²) in [7, 11) is 0. The fourth-order valence-corrected chi connectivity index (χ4v) is 5.00. The van der Waals surface area contributed by atoms with Crippen LogP contribution in [0.4, 0.5) is 0 Å². The van der Waals surface area contributed by atoms with Crippen LogP contribution in [-0.4, -0.2) is 9.97 Å². The number of hydrogen-bond acceptors (Lipinski definition) is 6. The lowest BCUT2D eigenvalue weighted by atomic mass is 10.1. The molecule has 1 aliphatic heterocycles. The van der Waals surface area contributed by atoms with Crippen LogP contribution in [0.15, 0.2) is 61.5 Å². The lowest BCUT2D eigenvalue weighted by Crippen LogP contribution is -1.95. The van der Waals surface area contributed by atoms with E-state index in [9.17, 15) is 0 Å². The number of hydrogen-bond donors (Lipinski definition) is 2. The fraction of sp³-hybridized carbons (Fsp3) is 0. The van der Waals surface area contributed by atoms with Crippen LogP contribution in [0.3, 0.4) is 0 Å². The van der Waals surface area contributed by atoms with E-state index >= 15 is 0 Å². The summed E-state index contributed by atoms with van der Waals surface area (Å²) in [5, 5.41) is 0. The maximum Gasteiger partial charge on any atom is 0.0740 e. The van der Waals surface area contributed by atoms with Crippen molar-refractivity contribution >= 4 is 54.4 Å². The van der Waals surface area contributed by atoms with E-state index in [1.807, 2.05) is 36.4 Å². The summed E-state index contributed by atoms with van der Waals surface area (Å²) in [6.45, 7) is 0. The van der Waals surface area contributed by atoms with Gasteiger partial charge in [-0.25, -0.2) is 0 Å². The standard InChI is InChI=1S/C14H10N2S4/c17-12-13(18)20-14(19-12)11(9-5-1-3-7-15-9)10-6-2-4-8-16-10/h1-8,17-18H. The molecule has 6 heteroatoms. The summed E-state index contributed by atoms with van der Waals surface area (Å²) in [6, 6.07) is 11.8. The van der Waals surface area contributed by atoms with Gasteiger partial charge in [0.05, 0.1) is 24.1 Å². The van der Waals surface area contributed by atoms with Crippen LogP contribution >= 0.6 is 48.8 Å². The second-order valence-corrected chi connectivity index (χ2v) is 7.71. The highest BCUT2D eigenvalue weighted by molar-refractivity contribution is 8.37. The van der Waals surface area contributed by atoms with Gasteiger partial charge in [0.2, 0.25) is 0 Å². The topological polar surface area (TPSA) is 25.8 Å². The van der Waals surface area contributed by atoms with Gasteiger partial charge in [-0.2, -0.15) is 0 Å². The van der Waals surface area contributed by atoms with Gasteiger partial charge in [0.25, 0.3) is 0 Å². The first-order chi connectivity index (χ1) is 9.75. The summed E-state index contributed by atoms with van der Waals surface area (Å²) in [6.07, 6.45) is 3.58. The van der Waals surface area contributed by atoms with E-state index in [1.54, 1.807) is 35.9 Å². The molecule has 3 heterocycles. The van der Waals surface area contributed by atoms with Gasteiger partial charge in [0.15, 0.2) is 0 Å². The number of thioether (sulfide) groups is 2. The molecule has 2 aromatic rings. The van der Waals surface area contributed by atoms with E-state index in [4.69, 9.17) is 0 Å². The van der Waals surface area contributed by atoms with Gasteiger partial charge >= 0.3 is 0 Å². The normalized spacial score (nSPS) is 14.8. The van der Waals surface area contributed by atoms with Crippen molar-refractivity contribution in [1.29, 1.82) is 0 Å². The smallest absolute Gasteiger partial charge is 0.0740 e. The van der Waals surface area contributed by atoms with E-state index in [0.717, 1.165) is 29.7 Å². The Hall–Kier alpha value is -0.820. The molecule has 0 bridgehead atoms. The second kappa shape index (κ2) is 6.30. The van der Waals surface area contributed by atoms with Gasteiger partial charge in [-0.05, 0) is 24.3 Å². The van der Waals surface area contributed by atoms with Gasteiger partial charge < -0.3 is 0 Å². The Morgan fingerprint density at radius 3 is 1.70 bits per heavy atom. The van der Waals surface area contributed by atoms with Crippen LogP contribution < -0.4 is 0 Å². The molecule has 0 amide bonds. The predicted octanol–water partition coefficient (Wildman–Crippen LogP) is 4.66. The van der Waals surface area contributed by atoms with E-state index in [2.05, 4.69) is 35.2 Å². The van der Waals surface area contributed by atoms with Crippen LogP contribution in [0.5, 0.6) is 0 Å². The average molecular weight is 335 g/mol. The highest BCUT2D eigenvalue weighted by atomic mass is 32.2. The Kier molecular flexibility index (Phi) is 4.45. The van der Waals surface area contributed by atoms with Gasteiger partial charge in [-0.1, -0.05) is 35.7 Å². The highest BCUT2D eigenvalue weighted by Gasteiger charge is 2.23. The third kappa shape index (κ3) is 2.93. The van der Waals surface area contributed by atoms with Crippen LogP contribution in [0.2, 0.25) is 0 Å². The first kappa shape index (κ1) is 14.1. The van der Waals surface area contributed by atoms with Crippen molar-refractivity contribution in [1.82, 2.24) is 9.97 Å². The van der Waals surface area contributed by atoms with Crippen LogP contribution in [-0.2, 0) is 0 Å². The molecule has 2 nitrogen and oxygen atoms in total. The molecule has 0 atom stereocenters. The zero-order valence-corrected chi connectivity index (χ0v) is 13.6. The fourth-order valence-electron chi connectivity index (χ4n) is 1.75. The minimum absolute atomic E-state index is 0.908. The third-order valence-electron chi connectivity index (χ3n) is 2.61. The Bertz CT molecular complexity index is 623. The van der Waals surface area contributed by atoms with Crippen molar-refractivity contribution < 1.29 is 0 Å². The largest absolute Gasteiger partial charge is 0.256 e. The minimum atomic E-state index is 0.908. The molecule has 0 saturated heterocycles. The first-order valence-corrected chi connectivity index (χ1v) is 8.33. The van der Waals surface area contributed by atoms with Gasteiger partial charge in [-0.3, -0.25) is 9.97 Å². The molecule has 0 spiro atoms. The maximum absolute atomic E-state index is 4.46. The SMILES string of the molecule is SC1=C(S)SC(=C(c2ccccn2)c2ccccn2)S1. The third-order valence-corrected chi connectivity index (χ3v) is 6.28. The number of nitrogens with zero attached hydrogens (tertiary/aromatic N) is 2. The number of thiol groups is 2. The number of pyridine rings is 2. The molecule has 100 valence electrons. The van der Waals surface area contributed by atoms with E-state index in [1.165, 1.54) is 0 Å². The number of aromatic nitrogens is 2. The van der Waals surface area contributed by atoms with E-state index in [-0.39, 0.29) is 0 Å². The van der Waals surface area contributed by atoms with E-state index in [0.29, 0.717) is 0 Å². The quantitative estimate of drug-likeness (QED) is 0.781. The van der Waals surface area contributed by atoms with Crippen molar-refractivity contribution in [2.45, 2.75) is 0 Å². The lowest BCUT2D eigenvalue weighted by molar-refractivity contribution is 1.22. The predicted molar refractivity (Wildman–Crippen MR) is 94.7 cm³/mol. The molecule has 0 aliphatic carbocycles. The Balaban J connectivity index is 2.14. The van der Waals surface area contributed by atoms with Crippen molar-refractivity contribution in [3.8, 4) is 0 Å². The molecule has 0 aromatic carbocycles. The molecule has 1 aliphatic rings. The van der Waals surface area contributed by atoms with E-state index < -0.39 is 0 Å². The Morgan fingerprint density at radius 1 is 0.800 bits per heavy atom. The second-order valence-electron chi connectivity index (χ2n) is 3.91. The van der Waals surface area contributed by atoms with Crippen molar-refractivity contribution in [3.05, 3.63) is 72.9 Å². The van der Waals surface area contributed by atoms with Crippen LogP contribution in [0.1, 0.15) is 11.4 Å². The molecule has 2 aromatic heterocycles. The van der Waals surface area contributed by atoms with Crippen molar-refractivity contribution in [2.24, 2.45) is 0 Å². The molecule has 0 saturated carbocycles. The van der Waals surface area contributed by atoms with Crippen molar-refractivity contribution in [2.75, 3.05) is 0 Å². The highest BCUT2D eigenvalue weighted by Crippen LogP contribution is 2.55. The van der Waals surface area contributed by atoms with Crippen LogP contribution in [0, 0.1) is 0 Å². The lowest BCUT2D eigenvalue weighted by Gasteiger charge is -2.09. The molecule has 0 unspecified atom stereocenters. The molecule has 0 fully saturated rings. The summed E-state index contributed by atoms with van der Waals surface area (Å²) >= 11 is 12.1. The molecule has 0 radical (unpaired) electrons. The van der Waals surface area contributed by atoms with Gasteiger partial charge in [0, 0.05) is 18.0 Å². The summed E-state index contributed by atoms with van der Waals surface area (Å²) < 4.78 is 2.94. The minimum Gasteiger partial charge on any atom is -0.256 e. The maximum atomic E-state index is 4.46. The average Bonchev–Trinajstić information content (AvgIpc) is 2.81. The van der Waals surface area contributed by atoms with Crippen LogP contribution in [0.25, 0.3) is 5.57 Å². The Morgan fingerprint density at radius 2 is 1.30 bits per heavy atom. The molecule has 20 heavy (non-hydrogen) atoms. The summed E-state index contributed by atoms with van der Waals surface area (Å²) in [4.78, 5) is 8.91. The first-order valence-electron chi connectivity index (χ1n) is 5.80. The monoisotopic (exact) mass is 334 g/mol. The van der Waals surface area contributed by atoms with Crippen molar-refractivity contribution in [3.63, 3.8) is 0 Å². The Labute approximate surface area is 137 Å². The zero-order valence-electron chi connectivity index (χ0n) is 10.2. The van der Waals surface area contributed by atoms with Gasteiger partial charge in [0.1, 0.15) is 0 Å². The summed E-state index contributed by atoms with van der Waals surface area (Å²) in [5.74, 6) is 0.